The van der Waals surface area contributed by atoms with Crippen molar-refractivity contribution >= 4 is 17.4 Å². The topological polar surface area (TPSA) is 28.5 Å². The third-order valence-corrected chi connectivity index (χ3v) is 0. The second kappa shape index (κ2) is 24.1. The van der Waals surface area contributed by atoms with Gasteiger partial charge in [-0.25, -0.2) is 0 Å². The van der Waals surface area contributed by atoms with Gasteiger partial charge in [-0.15, -0.1) is 0 Å². The van der Waals surface area contributed by atoms with E-state index < -0.39 is 0 Å². The first-order valence-electron chi connectivity index (χ1n) is 0. The predicted octanol–water partition coefficient (Wildman–Crippen LogP) is -0.505. The molecule has 1 nitrogen and oxygen atoms in total. The maximum absolute atomic E-state index is 0. The van der Waals surface area contributed by atoms with Gasteiger partial charge in [0.1, 0.15) is 0 Å². The smallest absolute Gasteiger partial charge is 2.00 e. The molecule has 0 aliphatic heterocycles. The summed E-state index contributed by atoms with van der Waals surface area (Å²) in [4.78, 5) is 0. The van der Waals surface area contributed by atoms with Gasteiger partial charge in [0.15, 0.2) is 0 Å². The van der Waals surface area contributed by atoms with Crippen LogP contribution in [0.4, 0.5) is 0 Å². The van der Waals surface area contributed by atoms with Crippen LogP contribution >= 0.6 is 0 Å². The number of rotatable bonds is 0. The number of hydrogen-bond donors (Lipinski definition) is 0. The molecular formula is AlCu2O+5. The molecule has 0 aromatic heterocycles. The molecule has 0 aliphatic carbocycles. The van der Waals surface area contributed by atoms with Crippen molar-refractivity contribution in [2.75, 3.05) is 0 Å². The SMILES string of the molecule is [Al+3].[Cu+2].[Cu+2].[O-2]. The summed E-state index contributed by atoms with van der Waals surface area (Å²) in [6.45, 7) is 0. The van der Waals surface area contributed by atoms with Crippen molar-refractivity contribution in [2.45, 2.75) is 0 Å². The van der Waals surface area contributed by atoms with E-state index in [-0.39, 0.29) is 57.0 Å². The molecule has 0 atom stereocenters. The van der Waals surface area contributed by atoms with E-state index in [9.17, 15) is 0 Å². The van der Waals surface area contributed by atoms with Crippen LogP contribution in [0, 0.1) is 0 Å². The van der Waals surface area contributed by atoms with Crippen molar-refractivity contribution in [1.29, 1.82) is 0 Å². The molecule has 0 aromatic rings. The van der Waals surface area contributed by atoms with Gasteiger partial charge in [0.05, 0.1) is 0 Å². The van der Waals surface area contributed by atoms with Crippen LogP contribution in [0.5, 0.6) is 0 Å². The van der Waals surface area contributed by atoms with Crippen LogP contribution in [0.2, 0.25) is 0 Å². The van der Waals surface area contributed by atoms with Crippen molar-refractivity contribution < 1.29 is 39.6 Å². The van der Waals surface area contributed by atoms with Crippen LogP contribution in [-0.4, -0.2) is 17.4 Å². The van der Waals surface area contributed by atoms with Gasteiger partial charge in [0.25, 0.3) is 0 Å². The van der Waals surface area contributed by atoms with E-state index in [1.54, 1.807) is 0 Å². The fourth-order valence-electron chi connectivity index (χ4n) is 0. The Balaban J connectivity index is 0. The van der Waals surface area contributed by atoms with E-state index >= 15 is 0 Å². The van der Waals surface area contributed by atoms with Crippen LogP contribution in [0.25, 0.3) is 0 Å². The molecule has 0 heterocycles. The van der Waals surface area contributed by atoms with Gasteiger partial charge in [0.2, 0.25) is 0 Å². The van der Waals surface area contributed by atoms with Crippen LogP contribution in [0.1, 0.15) is 0 Å². The normalized spacial score (nSPS) is 0. The average molecular weight is 170 g/mol. The van der Waals surface area contributed by atoms with Gasteiger partial charge >= 0.3 is 51.5 Å². The molecule has 2 radical (unpaired) electrons. The van der Waals surface area contributed by atoms with Gasteiger partial charge in [-0.3, -0.25) is 0 Å². The van der Waals surface area contributed by atoms with Crippen LogP contribution in [-0.2, 0) is 39.6 Å². The van der Waals surface area contributed by atoms with Gasteiger partial charge in [-0.2, -0.15) is 0 Å². The minimum Gasteiger partial charge on any atom is -2.00 e. The Bertz CT molecular complexity index is 6.00. The fraction of sp³-hybridized carbons (Fsp3) is 0. The predicted molar refractivity (Wildman–Crippen MR) is 6.44 cm³/mol. The molecule has 0 unspecified atom stereocenters. The maximum Gasteiger partial charge on any atom is 3.00 e. The molecule has 0 spiro atoms. The first kappa shape index (κ1) is 48.4. The summed E-state index contributed by atoms with van der Waals surface area (Å²) < 4.78 is 0. The van der Waals surface area contributed by atoms with Crippen LogP contribution < -0.4 is 0 Å². The second-order valence-corrected chi connectivity index (χ2v) is 0. The molecule has 0 N–H and O–H groups in total. The molecular weight excluding hydrogens is 170 g/mol. The van der Waals surface area contributed by atoms with Gasteiger partial charge in [-0.05, 0) is 0 Å². The monoisotopic (exact) mass is 169 g/mol. The van der Waals surface area contributed by atoms with Crippen LogP contribution in [0.15, 0.2) is 0 Å². The van der Waals surface area contributed by atoms with Crippen molar-refractivity contribution in [3.05, 3.63) is 0 Å². The Morgan fingerprint density at radius 2 is 0.750 bits per heavy atom. The quantitative estimate of drug-likeness (QED) is 0.438. The molecule has 26 valence electrons. The Hall–Kier alpha value is 1.53. The van der Waals surface area contributed by atoms with Crippen molar-refractivity contribution in [3.8, 4) is 0 Å². The number of hydrogen-bond acceptors (Lipinski definition) is 0. The molecule has 0 aromatic carbocycles. The zero-order valence-electron chi connectivity index (χ0n) is 1.59. The second-order valence-electron chi connectivity index (χ2n) is 0. The largest absolute Gasteiger partial charge is 3.00 e. The molecule has 0 aliphatic rings. The standard InChI is InChI=1S/Al.2Cu.O/q+3;2*+2;-2. The minimum absolute atomic E-state index is 0. The summed E-state index contributed by atoms with van der Waals surface area (Å²) in [7, 11) is 0. The molecule has 0 bridgehead atoms. The summed E-state index contributed by atoms with van der Waals surface area (Å²) in [5, 5.41) is 0. The molecule has 0 amide bonds. The summed E-state index contributed by atoms with van der Waals surface area (Å²) >= 11 is 0. The molecule has 0 fully saturated rings. The third-order valence-electron chi connectivity index (χ3n) is 0. The summed E-state index contributed by atoms with van der Waals surface area (Å²) in [6, 6.07) is 0. The minimum atomic E-state index is 0. The van der Waals surface area contributed by atoms with Gasteiger partial charge < -0.3 is 5.48 Å². The van der Waals surface area contributed by atoms with E-state index in [1.807, 2.05) is 0 Å². The molecule has 4 heavy (non-hydrogen) atoms. The fourth-order valence-corrected chi connectivity index (χ4v) is 0. The summed E-state index contributed by atoms with van der Waals surface area (Å²) in [5.41, 5.74) is 0. The van der Waals surface area contributed by atoms with E-state index in [0.29, 0.717) is 0 Å². The zero-order valence-corrected chi connectivity index (χ0v) is 4.63. The van der Waals surface area contributed by atoms with E-state index in [1.165, 1.54) is 0 Å². The Morgan fingerprint density at radius 1 is 0.750 bits per heavy atom. The average Bonchev–Trinajstić information content (AvgIpc) is 0. The Labute approximate surface area is 56.9 Å². The van der Waals surface area contributed by atoms with Crippen molar-refractivity contribution in [1.82, 2.24) is 0 Å². The molecule has 4 heteroatoms. The third kappa shape index (κ3) is 9.65. The Morgan fingerprint density at radius 3 is 0.750 bits per heavy atom. The van der Waals surface area contributed by atoms with E-state index in [0.717, 1.165) is 0 Å². The molecule has 0 saturated carbocycles. The van der Waals surface area contributed by atoms with Crippen molar-refractivity contribution in [3.63, 3.8) is 0 Å². The van der Waals surface area contributed by atoms with Crippen LogP contribution in [0.3, 0.4) is 0 Å². The maximum atomic E-state index is 0. The first-order valence-corrected chi connectivity index (χ1v) is 0. The molecule has 0 saturated heterocycles. The van der Waals surface area contributed by atoms with Gasteiger partial charge in [-0.1, -0.05) is 0 Å². The zero-order chi connectivity index (χ0) is 0. The summed E-state index contributed by atoms with van der Waals surface area (Å²) in [5.74, 6) is 0. The summed E-state index contributed by atoms with van der Waals surface area (Å²) in [6.07, 6.45) is 0. The molecule has 0 rings (SSSR count). The van der Waals surface area contributed by atoms with E-state index in [2.05, 4.69) is 0 Å². The Kier molecular flexibility index (Phi) is 292. The van der Waals surface area contributed by atoms with Gasteiger partial charge in [0, 0.05) is 0 Å². The van der Waals surface area contributed by atoms with E-state index in [4.69, 9.17) is 0 Å². The van der Waals surface area contributed by atoms with Crippen molar-refractivity contribution in [2.24, 2.45) is 0 Å². The first-order chi connectivity index (χ1) is 0.